The Labute approximate surface area is 316 Å². The van der Waals surface area contributed by atoms with Crippen LogP contribution in [0.3, 0.4) is 0 Å². The van der Waals surface area contributed by atoms with E-state index < -0.39 is 81.8 Å². The summed E-state index contributed by atoms with van der Waals surface area (Å²) < 4.78 is 0. The van der Waals surface area contributed by atoms with Gasteiger partial charge >= 0.3 is 0 Å². The molecule has 262 valence electrons. The highest BCUT2D eigenvalue weighted by molar-refractivity contribution is 6.38. The molecule has 2 unspecified atom stereocenters. The average molecular weight is 727 g/mol. The molecule has 13 aliphatic carbocycles. The molecule has 0 amide bonds. The van der Waals surface area contributed by atoms with Crippen LogP contribution in [0.15, 0.2) is 164 Å². The number of carbonyl (C=O) groups excluding carboxylic acids is 8. The fraction of sp³-hybridized carbons (Fsp3) is 0.125. The van der Waals surface area contributed by atoms with Gasteiger partial charge in [-0.2, -0.15) is 0 Å². The van der Waals surface area contributed by atoms with Gasteiger partial charge in [0.2, 0.25) is 0 Å². The van der Waals surface area contributed by atoms with Crippen LogP contribution in [0.5, 0.6) is 0 Å². The van der Waals surface area contributed by atoms with Crippen LogP contribution in [0.25, 0.3) is 0 Å². The van der Waals surface area contributed by atoms with Gasteiger partial charge in [-0.3, -0.25) is 38.4 Å². The first-order valence-electron chi connectivity index (χ1n) is 18.6. The molecule has 3 aromatic rings. The number of hydrogen-bond acceptors (Lipinski definition) is 8. The SMILES string of the molecule is O=C1C=CC(=O)C2=C1C1C3=C(C(=O)C4=C(C3=O)C3C5=C(C(=O)C6=C(C5=O)C5C7=C(C(=O)C=CC7=O)[C@H]6c6ccccc65)C4c4ccccc43)[C@@H]2c2ccccc21. The van der Waals surface area contributed by atoms with Crippen LogP contribution in [0.2, 0.25) is 0 Å². The van der Waals surface area contributed by atoms with E-state index in [0.29, 0.717) is 33.4 Å². The third kappa shape index (κ3) is 3.06. The maximum absolute atomic E-state index is 15.5. The Morgan fingerprint density at radius 1 is 0.232 bits per heavy atom. The number of ketones is 8. The van der Waals surface area contributed by atoms with Gasteiger partial charge in [0.1, 0.15) is 0 Å². The average Bonchev–Trinajstić information content (AvgIpc) is 3.23. The summed E-state index contributed by atoms with van der Waals surface area (Å²) in [6.07, 6.45) is 4.87. The molecule has 0 radical (unpaired) electrons. The van der Waals surface area contributed by atoms with Crippen molar-refractivity contribution in [1.29, 1.82) is 0 Å². The smallest absolute Gasteiger partial charge is 0.187 e. The highest BCUT2D eigenvalue weighted by atomic mass is 16.2. The van der Waals surface area contributed by atoms with E-state index in [0.717, 1.165) is 0 Å². The van der Waals surface area contributed by atoms with Gasteiger partial charge in [0.25, 0.3) is 0 Å². The van der Waals surface area contributed by atoms with Crippen molar-refractivity contribution in [2.45, 2.75) is 35.5 Å². The van der Waals surface area contributed by atoms with E-state index in [9.17, 15) is 19.2 Å². The lowest BCUT2D eigenvalue weighted by Crippen LogP contribution is -2.49. The van der Waals surface area contributed by atoms with Crippen LogP contribution in [0.4, 0.5) is 0 Å². The Kier molecular flexibility index (Phi) is 5.19. The molecule has 0 aromatic heterocycles. The number of rotatable bonds is 0. The molecule has 6 bridgehead atoms. The first kappa shape index (κ1) is 30.3. The Morgan fingerprint density at radius 2 is 0.393 bits per heavy atom. The predicted molar refractivity (Wildman–Crippen MR) is 196 cm³/mol. The van der Waals surface area contributed by atoms with E-state index in [1.54, 1.807) is 36.4 Å². The molecule has 0 N–H and O–H groups in total. The lowest BCUT2D eigenvalue weighted by molar-refractivity contribution is -0.120. The van der Waals surface area contributed by atoms with Crippen LogP contribution in [-0.4, -0.2) is 46.3 Å². The molecule has 0 spiro atoms. The molecule has 0 heterocycles. The number of Topliss-reactive ketones (excluding diaryl/α,β-unsaturated/α-hetero) is 4. The van der Waals surface area contributed by atoms with E-state index in [2.05, 4.69) is 0 Å². The standard InChI is InChI=1S/C48H22O8/c49-23-13-14-24(50)34-28-18-8-2-1-7-17(18)27(33(23)34)37-38(28)46(54)42-32-22-12-6-5-11-21(22)31(41(42)45(37)53)43-44(32)48(56)40-30-20-10-4-3-9-19(20)29(39(40)47(43)55)35-25(51)15-16-26(52)36(30)35/h1-16,27-32H/t27-,28?,29-,30?,31?,32?/m1/s1. The van der Waals surface area contributed by atoms with E-state index in [4.69, 9.17) is 0 Å². The number of hydrogen-bond donors (Lipinski definition) is 0. The van der Waals surface area contributed by atoms with Crippen molar-refractivity contribution in [1.82, 2.24) is 0 Å². The summed E-state index contributed by atoms with van der Waals surface area (Å²) in [5.74, 6) is -9.50. The minimum Gasteiger partial charge on any atom is -0.290 e. The summed E-state index contributed by atoms with van der Waals surface area (Å²) in [5.41, 5.74) is 5.84. The van der Waals surface area contributed by atoms with Gasteiger partial charge in [-0.05, 0) is 57.7 Å². The van der Waals surface area contributed by atoms with Crippen molar-refractivity contribution in [3.63, 3.8) is 0 Å². The molecular weight excluding hydrogens is 705 g/mol. The molecule has 8 heteroatoms. The van der Waals surface area contributed by atoms with Gasteiger partial charge in [-0.1, -0.05) is 72.8 Å². The molecule has 4 atom stereocenters. The highest BCUT2D eigenvalue weighted by Gasteiger charge is 2.63. The molecule has 13 aliphatic rings. The zero-order chi connectivity index (χ0) is 37.8. The molecule has 8 nitrogen and oxygen atoms in total. The Bertz CT molecular complexity index is 2710. The molecule has 0 saturated carbocycles. The molecular formula is C48H22O8. The maximum atomic E-state index is 15.5. The second-order valence-corrected chi connectivity index (χ2v) is 15.9. The predicted octanol–water partition coefficient (Wildman–Crippen LogP) is 5.17. The number of allylic oxidation sites excluding steroid dienone is 16. The molecule has 56 heavy (non-hydrogen) atoms. The minimum absolute atomic E-state index is 0.117. The lowest BCUT2D eigenvalue weighted by Gasteiger charge is -2.52. The molecule has 0 fully saturated rings. The molecule has 0 saturated heterocycles. The van der Waals surface area contributed by atoms with Crippen molar-refractivity contribution in [2.75, 3.05) is 0 Å². The first-order chi connectivity index (χ1) is 27.2. The summed E-state index contributed by atoms with van der Waals surface area (Å²) in [6.45, 7) is 0. The van der Waals surface area contributed by atoms with Crippen LogP contribution >= 0.6 is 0 Å². The third-order valence-corrected chi connectivity index (χ3v) is 13.9. The van der Waals surface area contributed by atoms with Gasteiger partial charge in [-0.25, -0.2) is 0 Å². The van der Waals surface area contributed by atoms with Crippen molar-refractivity contribution in [3.8, 4) is 0 Å². The Balaban J connectivity index is 1.04. The number of benzene rings is 3. The van der Waals surface area contributed by atoms with Gasteiger partial charge in [0.05, 0.1) is 0 Å². The first-order valence-corrected chi connectivity index (χ1v) is 18.6. The molecule has 3 aromatic carbocycles. The fourth-order valence-corrected chi connectivity index (χ4v) is 12.1. The zero-order valence-corrected chi connectivity index (χ0v) is 29.0. The maximum Gasteiger partial charge on any atom is 0.187 e. The summed E-state index contributed by atoms with van der Waals surface area (Å²) >= 11 is 0. The van der Waals surface area contributed by atoms with E-state index >= 15 is 19.2 Å². The third-order valence-electron chi connectivity index (χ3n) is 13.9. The van der Waals surface area contributed by atoms with Gasteiger partial charge in [-0.15, -0.1) is 0 Å². The minimum atomic E-state index is -1.09. The largest absolute Gasteiger partial charge is 0.290 e. The van der Waals surface area contributed by atoms with Crippen LogP contribution < -0.4 is 0 Å². The van der Waals surface area contributed by atoms with Crippen molar-refractivity contribution < 1.29 is 38.4 Å². The molecule has 16 rings (SSSR count). The lowest BCUT2D eigenvalue weighted by atomic mass is 9.47. The van der Waals surface area contributed by atoms with Crippen molar-refractivity contribution >= 4 is 46.3 Å². The summed E-state index contributed by atoms with van der Waals surface area (Å²) in [6, 6.07) is 21.7. The zero-order valence-electron chi connectivity index (χ0n) is 29.0. The monoisotopic (exact) mass is 726 g/mol. The molecule has 0 aliphatic heterocycles. The van der Waals surface area contributed by atoms with Crippen LogP contribution in [0.1, 0.15) is 68.9 Å². The van der Waals surface area contributed by atoms with Gasteiger partial charge in [0, 0.05) is 102 Å². The Hall–Kier alpha value is -7.06. The topological polar surface area (TPSA) is 137 Å². The fourth-order valence-electron chi connectivity index (χ4n) is 12.1. The van der Waals surface area contributed by atoms with E-state index in [1.165, 1.54) is 24.3 Å². The highest BCUT2D eigenvalue weighted by Crippen LogP contribution is 2.68. The second kappa shape index (κ2) is 9.59. The van der Waals surface area contributed by atoms with Crippen LogP contribution in [-0.2, 0) is 38.4 Å². The Morgan fingerprint density at radius 3 is 0.571 bits per heavy atom. The normalized spacial score (nSPS) is 29.5. The van der Waals surface area contributed by atoms with Gasteiger partial charge < -0.3 is 0 Å². The van der Waals surface area contributed by atoms with E-state index in [-0.39, 0.29) is 66.9 Å². The second-order valence-electron chi connectivity index (χ2n) is 15.9. The number of carbonyl (C=O) groups is 8. The summed E-state index contributed by atoms with van der Waals surface area (Å²) in [7, 11) is 0. The van der Waals surface area contributed by atoms with E-state index in [1.807, 2.05) is 36.4 Å². The van der Waals surface area contributed by atoms with Crippen LogP contribution in [0, 0.1) is 0 Å². The van der Waals surface area contributed by atoms with Crippen molar-refractivity contribution in [2.24, 2.45) is 0 Å². The van der Waals surface area contributed by atoms with Gasteiger partial charge in [0.15, 0.2) is 46.3 Å². The summed E-state index contributed by atoms with van der Waals surface area (Å²) in [4.78, 5) is 116. The van der Waals surface area contributed by atoms with Crippen molar-refractivity contribution in [3.05, 3.63) is 197 Å². The summed E-state index contributed by atoms with van der Waals surface area (Å²) in [5, 5.41) is 0. The quantitative estimate of drug-likeness (QED) is 0.290.